The van der Waals surface area contributed by atoms with E-state index in [0.717, 1.165) is 68.9 Å². The lowest BCUT2D eigenvalue weighted by Crippen LogP contribution is -2.31. The molecule has 0 radical (unpaired) electrons. The van der Waals surface area contributed by atoms with Crippen LogP contribution >= 0.6 is 0 Å². The molecule has 2 saturated carbocycles. The number of esters is 1. The monoisotopic (exact) mass is 742 g/mol. The molecule has 0 aromatic heterocycles. The summed E-state index contributed by atoms with van der Waals surface area (Å²) < 4.78 is 17.4. The summed E-state index contributed by atoms with van der Waals surface area (Å²) in [6, 6.07) is 17.1. The van der Waals surface area contributed by atoms with E-state index in [9.17, 15) is 9.59 Å². The van der Waals surface area contributed by atoms with Crippen molar-refractivity contribution in [3.63, 3.8) is 0 Å². The molecule has 0 amide bonds. The molecule has 2 heterocycles. The average molecular weight is 743 g/mol. The van der Waals surface area contributed by atoms with Crippen molar-refractivity contribution in [1.29, 1.82) is 0 Å². The summed E-state index contributed by atoms with van der Waals surface area (Å²) in [7, 11) is 0. The van der Waals surface area contributed by atoms with Crippen molar-refractivity contribution >= 4 is 23.1 Å². The van der Waals surface area contributed by atoms with Gasteiger partial charge >= 0.3 is 11.9 Å². The first-order valence-corrected chi connectivity index (χ1v) is 21.1. The van der Waals surface area contributed by atoms with Crippen molar-refractivity contribution < 1.29 is 28.9 Å². The van der Waals surface area contributed by atoms with Crippen molar-refractivity contribution in [3.05, 3.63) is 71.8 Å². The molecular formula is C46H66N2O6. The van der Waals surface area contributed by atoms with Crippen LogP contribution < -0.4 is 9.47 Å². The van der Waals surface area contributed by atoms with Crippen molar-refractivity contribution in [1.82, 2.24) is 9.80 Å². The molecule has 1 N–H and O–H groups in total. The molecule has 0 bridgehead atoms. The van der Waals surface area contributed by atoms with Gasteiger partial charge in [-0.15, -0.1) is 0 Å². The summed E-state index contributed by atoms with van der Waals surface area (Å²) in [6.07, 6.45) is 20.5. The molecular weight excluding hydrogens is 677 g/mol. The van der Waals surface area contributed by atoms with Crippen molar-refractivity contribution in [3.8, 4) is 11.5 Å². The quantitative estimate of drug-likeness (QED) is 0.181. The molecule has 296 valence electrons. The highest BCUT2D eigenvalue weighted by molar-refractivity contribution is 5.70. The van der Waals surface area contributed by atoms with Gasteiger partial charge in [0.25, 0.3) is 0 Å². The molecule has 0 spiro atoms. The SMILES string of the molecule is CCC1CCC(Oc2ccc(C3=CCN(CCC(=O)O)CC3)cc2)CC1.CCOC(=O)CCN1CC=C(c2ccc(OC3CCC(CC)CC3)cc2)CC1. The lowest BCUT2D eigenvalue weighted by Gasteiger charge is -2.28. The number of hydrogen-bond donors (Lipinski definition) is 1. The van der Waals surface area contributed by atoms with Gasteiger partial charge in [-0.1, -0.05) is 63.1 Å². The maximum absolute atomic E-state index is 11.5. The minimum absolute atomic E-state index is 0.101. The van der Waals surface area contributed by atoms with Gasteiger partial charge in [-0.2, -0.15) is 0 Å². The van der Waals surface area contributed by atoms with Gasteiger partial charge in [-0.05, 0) is 130 Å². The summed E-state index contributed by atoms with van der Waals surface area (Å²) in [5.41, 5.74) is 5.28. The Morgan fingerprint density at radius 1 is 0.630 bits per heavy atom. The Morgan fingerprint density at radius 3 is 1.41 bits per heavy atom. The second kappa shape index (κ2) is 22.1. The van der Waals surface area contributed by atoms with Gasteiger partial charge in [-0.25, -0.2) is 0 Å². The molecule has 6 rings (SSSR count). The third-order valence-electron chi connectivity index (χ3n) is 12.0. The Kier molecular flexibility index (Phi) is 17.0. The topological polar surface area (TPSA) is 88.5 Å². The van der Waals surface area contributed by atoms with Crippen LogP contribution in [0.1, 0.15) is 122 Å². The fraction of sp³-hybridized carbons (Fsp3) is 0.609. The maximum Gasteiger partial charge on any atom is 0.307 e. The fourth-order valence-corrected chi connectivity index (χ4v) is 8.29. The molecule has 2 aromatic carbocycles. The van der Waals surface area contributed by atoms with Crippen molar-refractivity contribution in [2.75, 3.05) is 45.9 Å². The lowest BCUT2D eigenvalue weighted by molar-refractivity contribution is -0.143. The zero-order valence-corrected chi connectivity index (χ0v) is 33.3. The first kappa shape index (κ1) is 41.5. The maximum atomic E-state index is 11.5. The molecule has 8 nitrogen and oxygen atoms in total. The zero-order valence-electron chi connectivity index (χ0n) is 33.3. The van der Waals surface area contributed by atoms with Gasteiger partial charge in [0.1, 0.15) is 11.5 Å². The van der Waals surface area contributed by atoms with E-state index in [1.165, 1.54) is 86.5 Å². The van der Waals surface area contributed by atoms with Crippen LogP contribution in [0.15, 0.2) is 60.7 Å². The second-order valence-electron chi connectivity index (χ2n) is 15.6. The number of carboxylic acid groups (broad SMARTS) is 1. The van der Waals surface area contributed by atoms with E-state index in [2.05, 4.69) is 84.3 Å². The van der Waals surface area contributed by atoms with E-state index in [4.69, 9.17) is 19.3 Å². The molecule has 2 aliphatic carbocycles. The van der Waals surface area contributed by atoms with Crippen LogP contribution in [0.3, 0.4) is 0 Å². The minimum atomic E-state index is -0.724. The van der Waals surface area contributed by atoms with E-state index in [0.29, 0.717) is 31.8 Å². The highest BCUT2D eigenvalue weighted by Crippen LogP contribution is 2.32. The Balaban J connectivity index is 0.000000208. The van der Waals surface area contributed by atoms with Crippen LogP contribution in [0, 0.1) is 11.8 Å². The highest BCUT2D eigenvalue weighted by atomic mass is 16.5. The van der Waals surface area contributed by atoms with Crippen LogP contribution in [-0.4, -0.2) is 84.9 Å². The first-order chi connectivity index (χ1) is 26.3. The molecule has 2 aromatic rings. The lowest BCUT2D eigenvalue weighted by atomic mass is 9.86. The van der Waals surface area contributed by atoms with Gasteiger partial charge < -0.3 is 19.3 Å². The van der Waals surface area contributed by atoms with Gasteiger partial charge in [-0.3, -0.25) is 19.4 Å². The Hall–Kier alpha value is -3.62. The summed E-state index contributed by atoms with van der Waals surface area (Å²) in [4.78, 5) is 26.7. The summed E-state index contributed by atoms with van der Waals surface area (Å²) in [5, 5.41) is 8.79. The normalized spacial score (nSPS) is 23.6. The van der Waals surface area contributed by atoms with Crippen LogP contribution in [0.4, 0.5) is 0 Å². The van der Waals surface area contributed by atoms with E-state index in [-0.39, 0.29) is 12.4 Å². The third-order valence-corrected chi connectivity index (χ3v) is 12.0. The molecule has 2 aliphatic heterocycles. The van der Waals surface area contributed by atoms with Gasteiger partial charge in [0.05, 0.1) is 31.7 Å². The predicted molar refractivity (Wildman–Crippen MR) is 218 cm³/mol. The van der Waals surface area contributed by atoms with Crippen LogP contribution in [0.5, 0.6) is 11.5 Å². The number of nitrogens with zero attached hydrogens (tertiary/aromatic N) is 2. The summed E-state index contributed by atoms with van der Waals surface area (Å²) in [5.74, 6) is 2.95. The highest BCUT2D eigenvalue weighted by Gasteiger charge is 2.23. The number of carbonyl (C=O) groups is 2. The van der Waals surface area contributed by atoms with Crippen LogP contribution in [0.2, 0.25) is 0 Å². The van der Waals surface area contributed by atoms with Crippen molar-refractivity contribution in [2.45, 2.75) is 123 Å². The second-order valence-corrected chi connectivity index (χ2v) is 15.6. The van der Waals surface area contributed by atoms with E-state index in [1.54, 1.807) is 0 Å². The van der Waals surface area contributed by atoms with Gasteiger partial charge in [0.15, 0.2) is 0 Å². The minimum Gasteiger partial charge on any atom is -0.490 e. The molecule has 4 aliphatic rings. The van der Waals surface area contributed by atoms with E-state index >= 15 is 0 Å². The fourth-order valence-electron chi connectivity index (χ4n) is 8.29. The van der Waals surface area contributed by atoms with Crippen LogP contribution in [-0.2, 0) is 14.3 Å². The average Bonchev–Trinajstić information content (AvgIpc) is 3.21. The van der Waals surface area contributed by atoms with Gasteiger partial charge in [0.2, 0.25) is 0 Å². The van der Waals surface area contributed by atoms with Gasteiger partial charge in [0, 0.05) is 39.3 Å². The first-order valence-electron chi connectivity index (χ1n) is 21.1. The molecule has 0 atom stereocenters. The predicted octanol–water partition coefficient (Wildman–Crippen LogP) is 9.67. The molecule has 2 fully saturated rings. The Bertz CT molecular complexity index is 1490. The molecule has 0 saturated heterocycles. The third kappa shape index (κ3) is 13.6. The number of carboxylic acids is 1. The number of rotatable bonds is 15. The van der Waals surface area contributed by atoms with Crippen molar-refractivity contribution in [2.24, 2.45) is 11.8 Å². The molecule has 54 heavy (non-hydrogen) atoms. The number of hydrogen-bond acceptors (Lipinski definition) is 7. The van der Waals surface area contributed by atoms with E-state index in [1.807, 2.05) is 6.92 Å². The number of ether oxygens (including phenoxy) is 3. The number of benzene rings is 2. The molecule has 0 unspecified atom stereocenters. The smallest absolute Gasteiger partial charge is 0.307 e. The van der Waals surface area contributed by atoms with E-state index < -0.39 is 5.97 Å². The van der Waals surface area contributed by atoms with Crippen LogP contribution in [0.25, 0.3) is 11.1 Å². The largest absolute Gasteiger partial charge is 0.490 e. The Labute approximate surface area is 324 Å². The molecule has 8 heteroatoms. The summed E-state index contributed by atoms with van der Waals surface area (Å²) in [6.45, 7) is 11.9. The summed E-state index contributed by atoms with van der Waals surface area (Å²) >= 11 is 0. The number of carbonyl (C=O) groups excluding carboxylic acids is 1. The zero-order chi connectivity index (χ0) is 38.1. The standard InChI is InChI=1S/C24H35NO3.C22H31NO3/c1-3-19-5-9-22(10-6-19)28-23-11-7-20(8-12-23)21-13-16-25(17-14-21)18-15-24(26)27-4-2;1-2-17-3-7-20(8-4-17)26-21-9-5-18(6-10-21)19-11-14-23(15-12-19)16-13-22(24)25/h7-8,11-13,19,22H,3-6,9-10,14-18H2,1-2H3;5-6,9-11,17,20H,2-4,7-8,12-16H2,1H3,(H,24,25). The number of aliphatic carboxylic acids is 1. The Morgan fingerprint density at radius 2 is 1.06 bits per heavy atom.